The molecule has 1 amide bonds. The molecule has 0 radical (unpaired) electrons. The molecule has 1 aromatic carbocycles. The fraction of sp³-hybridized carbons (Fsp3) is 0.536. The van der Waals surface area contributed by atoms with E-state index < -0.39 is 23.8 Å². The molecule has 1 saturated heterocycles. The van der Waals surface area contributed by atoms with E-state index in [2.05, 4.69) is 51.7 Å². The second-order valence-electron chi connectivity index (χ2n) is 10.7. The van der Waals surface area contributed by atoms with Gasteiger partial charge >= 0.3 is 0 Å². The van der Waals surface area contributed by atoms with Crippen LogP contribution in [0.5, 0.6) is 0 Å². The van der Waals surface area contributed by atoms with Gasteiger partial charge in [-0.1, -0.05) is 30.3 Å². The number of nitrogens with two attached hydrogens (primary N) is 1. The fourth-order valence-electron chi connectivity index (χ4n) is 5.56. The summed E-state index contributed by atoms with van der Waals surface area (Å²) < 4.78 is 17.3. The average Bonchev–Trinajstić information content (AvgIpc) is 3.67. The van der Waals surface area contributed by atoms with Crippen molar-refractivity contribution in [3.8, 4) is 6.07 Å². The molecular formula is C28H35FN6O2. The largest absolute Gasteiger partial charge is 0.373 e. The molecule has 4 N–H and O–H groups in total. The minimum absolute atomic E-state index is 0.0832. The van der Waals surface area contributed by atoms with Gasteiger partial charge in [0.1, 0.15) is 23.5 Å². The third kappa shape index (κ3) is 5.41. The number of rotatable bonds is 9. The molecule has 3 unspecified atom stereocenters. The van der Waals surface area contributed by atoms with Crippen molar-refractivity contribution in [3.05, 3.63) is 53.2 Å². The number of primary amides is 1. The van der Waals surface area contributed by atoms with Crippen molar-refractivity contribution in [1.82, 2.24) is 14.7 Å². The van der Waals surface area contributed by atoms with E-state index in [0.29, 0.717) is 19.5 Å². The van der Waals surface area contributed by atoms with E-state index >= 15 is 4.39 Å². The maximum absolute atomic E-state index is 15.9. The van der Waals surface area contributed by atoms with Gasteiger partial charge < -0.3 is 16.2 Å². The van der Waals surface area contributed by atoms with Crippen LogP contribution >= 0.6 is 0 Å². The van der Waals surface area contributed by atoms with E-state index in [1.165, 1.54) is 34.9 Å². The molecule has 0 bridgehead atoms. The predicted octanol–water partition coefficient (Wildman–Crippen LogP) is 3.93. The summed E-state index contributed by atoms with van der Waals surface area (Å²) in [5, 5.41) is 27.2. The normalized spacial score (nSPS) is 25.2. The molecule has 37 heavy (non-hydrogen) atoms. The van der Waals surface area contributed by atoms with E-state index in [9.17, 15) is 15.2 Å². The van der Waals surface area contributed by atoms with E-state index in [1.54, 1.807) is 0 Å². The third-order valence-corrected chi connectivity index (χ3v) is 8.06. The summed E-state index contributed by atoms with van der Waals surface area (Å²) in [7, 11) is 0. The Morgan fingerprint density at radius 2 is 2.11 bits per heavy atom. The summed E-state index contributed by atoms with van der Waals surface area (Å²) in [4.78, 5) is 14.1. The van der Waals surface area contributed by atoms with Crippen molar-refractivity contribution in [1.29, 1.82) is 5.26 Å². The van der Waals surface area contributed by atoms with Crippen LogP contribution in [0.3, 0.4) is 0 Å². The van der Waals surface area contributed by atoms with Crippen LogP contribution in [0.25, 0.3) is 5.57 Å². The lowest BCUT2D eigenvalue weighted by atomic mass is 9.83. The van der Waals surface area contributed by atoms with Crippen LogP contribution < -0.4 is 11.1 Å². The molecule has 3 atom stereocenters. The minimum atomic E-state index is -1.38. The number of aliphatic hydroxyl groups is 1. The molecule has 2 aliphatic carbocycles. The third-order valence-electron chi connectivity index (χ3n) is 8.06. The number of carbonyl (C=O) groups excluding carboxylic acids is 1. The van der Waals surface area contributed by atoms with E-state index in [4.69, 9.17) is 5.73 Å². The summed E-state index contributed by atoms with van der Waals surface area (Å²) in [6.45, 7) is 1.34. The highest BCUT2D eigenvalue weighted by Crippen LogP contribution is 2.38. The number of aromatic nitrogens is 2. The first-order valence-electron chi connectivity index (χ1n) is 13.3. The number of benzene rings is 1. The summed E-state index contributed by atoms with van der Waals surface area (Å²) in [5.74, 6) is -0.485. The minimum Gasteiger partial charge on any atom is -0.373 e. The van der Waals surface area contributed by atoms with Crippen LogP contribution in [0.2, 0.25) is 0 Å². The molecule has 2 heterocycles. The number of aliphatic hydroxyl groups excluding tert-OH is 1. The molecule has 1 aliphatic heterocycles. The number of amides is 1. The topological polar surface area (TPSA) is 120 Å². The van der Waals surface area contributed by atoms with Crippen molar-refractivity contribution in [2.75, 3.05) is 18.4 Å². The van der Waals surface area contributed by atoms with Crippen molar-refractivity contribution >= 4 is 17.3 Å². The van der Waals surface area contributed by atoms with Crippen LogP contribution in [-0.4, -0.2) is 51.2 Å². The number of allylic oxidation sites excluding steroid dienone is 2. The van der Waals surface area contributed by atoms with Crippen LogP contribution in [-0.2, 0) is 12.1 Å². The van der Waals surface area contributed by atoms with Crippen molar-refractivity contribution in [2.24, 2.45) is 11.7 Å². The number of halogens is 1. The van der Waals surface area contributed by atoms with Gasteiger partial charge in [0, 0.05) is 31.7 Å². The monoisotopic (exact) mass is 506 g/mol. The number of nitrogens with zero attached hydrogens (tertiary/aromatic N) is 4. The van der Waals surface area contributed by atoms with Gasteiger partial charge in [0.05, 0.1) is 12.5 Å². The molecule has 5 rings (SSSR count). The summed E-state index contributed by atoms with van der Waals surface area (Å²) in [6.07, 6.45) is 8.33. The Balaban J connectivity index is 1.30. The lowest BCUT2D eigenvalue weighted by molar-refractivity contribution is 0.00688. The lowest BCUT2D eigenvalue weighted by Gasteiger charge is -2.43. The second kappa shape index (κ2) is 10.6. The van der Waals surface area contributed by atoms with Crippen LogP contribution in [0, 0.1) is 17.2 Å². The quantitative estimate of drug-likeness (QED) is 0.443. The smallest absolute Gasteiger partial charge is 0.254 e. The zero-order valence-electron chi connectivity index (χ0n) is 21.1. The zero-order chi connectivity index (χ0) is 26.0. The number of hydrogen-bond acceptors (Lipinski definition) is 6. The number of alkyl halides is 1. The summed E-state index contributed by atoms with van der Waals surface area (Å²) in [6, 6.07) is 10.7. The number of nitriles is 1. The van der Waals surface area contributed by atoms with Gasteiger partial charge in [0.2, 0.25) is 0 Å². The highest BCUT2D eigenvalue weighted by molar-refractivity contribution is 5.97. The Morgan fingerprint density at radius 1 is 1.32 bits per heavy atom. The molecular weight excluding hydrogens is 471 g/mol. The maximum Gasteiger partial charge on any atom is 0.254 e. The first-order chi connectivity index (χ1) is 17.9. The SMILES string of the molecule is N#CCC1(n2cc(C(N)=O)c(NC(O)C3CC3)n2)CCN(Cc2ccc(C3=CCCCC3)cc2)CC1F. The van der Waals surface area contributed by atoms with Crippen LogP contribution in [0.1, 0.15) is 72.9 Å². The fourth-order valence-corrected chi connectivity index (χ4v) is 5.56. The predicted molar refractivity (Wildman–Crippen MR) is 139 cm³/mol. The molecule has 1 saturated carbocycles. The highest BCUT2D eigenvalue weighted by Gasteiger charge is 2.47. The Morgan fingerprint density at radius 3 is 2.73 bits per heavy atom. The Hall–Kier alpha value is -3.22. The van der Waals surface area contributed by atoms with Gasteiger partial charge in [0.25, 0.3) is 5.91 Å². The lowest BCUT2D eigenvalue weighted by Crippen LogP contribution is -2.54. The van der Waals surface area contributed by atoms with Crippen molar-refractivity contribution in [2.45, 2.75) is 75.8 Å². The standard InChI is InChI=1S/C28H35FN6O2/c29-24-18-34(16-19-6-8-21(9-7-19)20-4-2-1-3-5-20)15-13-28(24,12-14-30)35-17-23(25(31)36)26(33-35)32-27(37)22-10-11-22/h4,6-9,17,22,24,27,37H,1-3,5,10-13,15-16,18H2,(H2,31,36)(H,32,33). The van der Waals surface area contributed by atoms with Crippen molar-refractivity contribution < 1.29 is 14.3 Å². The molecule has 1 aromatic heterocycles. The first kappa shape index (κ1) is 25.4. The van der Waals surface area contributed by atoms with Gasteiger partial charge in [-0.3, -0.25) is 14.4 Å². The van der Waals surface area contributed by atoms with Gasteiger partial charge in [-0.25, -0.2) is 4.39 Å². The van der Waals surface area contributed by atoms with E-state index in [1.807, 2.05) is 0 Å². The second-order valence-corrected chi connectivity index (χ2v) is 10.7. The van der Waals surface area contributed by atoms with E-state index in [-0.39, 0.29) is 30.3 Å². The zero-order valence-corrected chi connectivity index (χ0v) is 21.1. The molecule has 9 heteroatoms. The first-order valence-corrected chi connectivity index (χ1v) is 13.3. The van der Waals surface area contributed by atoms with Crippen molar-refractivity contribution in [3.63, 3.8) is 0 Å². The number of likely N-dealkylation sites (tertiary alicyclic amines) is 1. The summed E-state index contributed by atoms with van der Waals surface area (Å²) in [5.41, 5.74) is 8.23. The van der Waals surface area contributed by atoms with Crippen LogP contribution in [0.4, 0.5) is 10.2 Å². The number of anilines is 1. The molecule has 2 aromatic rings. The molecule has 8 nitrogen and oxygen atoms in total. The van der Waals surface area contributed by atoms with E-state index in [0.717, 1.165) is 31.2 Å². The molecule has 0 spiro atoms. The van der Waals surface area contributed by atoms with Gasteiger partial charge in [0.15, 0.2) is 5.82 Å². The Kier molecular flexibility index (Phi) is 7.31. The Bertz CT molecular complexity index is 1200. The summed E-state index contributed by atoms with van der Waals surface area (Å²) >= 11 is 0. The number of nitrogens with one attached hydrogen (secondary N) is 1. The van der Waals surface area contributed by atoms with Gasteiger partial charge in [-0.2, -0.15) is 10.4 Å². The van der Waals surface area contributed by atoms with Gasteiger partial charge in [-0.15, -0.1) is 0 Å². The molecule has 196 valence electrons. The number of carbonyl (C=O) groups is 1. The Labute approximate surface area is 216 Å². The van der Waals surface area contributed by atoms with Gasteiger partial charge in [-0.05, 0) is 61.6 Å². The highest BCUT2D eigenvalue weighted by atomic mass is 19.1. The average molecular weight is 507 g/mol. The maximum atomic E-state index is 15.9. The molecule has 2 fully saturated rings. The number of piperidine rings is 1. The van der Waals surface area contributed by atoms with Crippen LogP contribution in [0.15, 0.2) is 36.5 Å². The molecule has 3 aliphatic rings. The number of hydrogen-bond donors (Lipinski definition) is 3.